The normalized spacial score (nSPS) is 16.4. The van der Waals surface area contributed by atoms with Crippen molar-refractivity contribution in [3.63, 3.8) is 0 Å². The van der Waals surface area contributed by atoms with E-state index in [4.69, 9.17) is 0 Å². The van der Waals surface area contributed by atoms with E-state index in [1.54, 1.807) is 0 Å². The minimum absolute atomic E-state index is 0.132. The highest BCUT2D eigenvalue weighted by atomic mass is 16.5. The van der Waals surface area contributed by atoms with E-state index >= 15 is 0 Å². The molecule has 0 atom stereocenters. The summed E-state index contributed by atoms with van der Waals surface area (Å²) in [6.45, 7) is 6.75. The van der Waals surface area contributed by atoms with Gasteiger partial charge in [0.1, 0.15) is 0 Å². The van der Waals surface area contributed by atoms with Crippen LogP contribution in [-0.2, 0) is 9.53 Å². The first-order valence-electron chi connectivity index (χ1n) is 6.66. The van der Waals surface area contributed by atoms with Crippen LogP contribution in [0.2, 0.25) is 0 Å². The molecule has 1 aromatic heterocycles. The smallest absolute Gasteiger partial charge is 0.306 e. The van der Waals surface area contributed by atoms with Crippen molar-refractivity contribution < 1.29 is 9.53 Å². The number of nitrogens with zero attached hydrogens (tertiary/aromatic N) is 3. The van der Waals surface area contributed by atoms with E-state index in [-0.39, 0.29) is 5.97 Å². The Morgan fingerprint density at radius 2 is 2.11 bits per heavy atom. The van der Waals surface area contributed by atoms with Crippen LogP contribution in [0, 0.1) is 6.92 Å². The van der Waals surface area contributed by atoms with Gasteiger partial charge in [-0.05, 0) is 19.1 Å². The number of pyridine rings is 1. The first kappa shape index (κ1) is 13.8. The summed E-state index contributed by atoms with van der Waals surface area (Å²) in [5.74, 6) is -0.132. The molecule has 0 radical (unpaired) electrons. The average Bonchev–Trinajstić information content (AvgIpc) is 2.45. The van der Waals surface area contributed by atoms with Gasteiger partial charge in [-0.15, -0.1) is 0 Å². The van der Waals surface area contributed by atoms with Crippen LogP contribution in [0.5, 0.6) is 0 Å². The monoisotopic (exact) mass is 263 g/mol. The van der Waals surface area contributed by atoms with Gasteiger partial charge in [0.15, 0.2) is 0 Å². The lowest BCUT2D eigenvalue weighted by Crippen LogP contribution is -2.47. The van der Waals surface area contributed by atoms with Crippen molar-refractivity contribution in [1.82, 2.24) is 9.88 Å². The summed E-state index contributed by atoms with van der Waals surface area (Å²) in [7, 11) is 1.44. The summed E-state index contributed by atoms with van der Waals surface area (Å²) in [5, 5.41) is 0. The fourth-order valence-electron chi connectivity index (χ4n) is 2.31. The molecule has 1 aliphatic rings. The van der Waals surface area contributed by atoms with E-state index in [1.807, 2.05) is 13.1 Å². The van der Waals surface area contributed by atoms with Gasteiger partial charge in [0.05, 0.1) is 13.5 Å². The minimum Gasteiger partial charge on any atom is -0.469 e. The Labute approximate surface area is 114 Å². The highest BCUT2D eigenvalue weighted by molar-refractivity contribution is 5.69. The minimum atomic E-state index is -0.132. The molecule has 104 valence electrons. The van der Waals surface area contributed by atoms with E-state index in [0.29, 0.717) is 6.42 Å². The molecule has 0 aliphatic carbocycles. The predicted molar refractivity (Wildman–Crippen MR) is 74.3 cm³/mol. The second-order valence-corrected chi connectivity index (χ2v) is 4.81. The van der Waals surface area contributed by atoms with Crippen molar-refractivity contribution in [3.05, 3.63) is 24.0 Å². The van der Waals surface area contributed by atoms with Gasteiger partial charge in [0.25, 0.3) is 0 Å². The molecular weight excluding hydrogens is 242 g/mol. The zero-order valence-corrected chi connectivity index (χ0v) is 11.6. The van der Waals surface area contributed by atoms with Crippen molar-refractivity contribution in [1.29, 1.82) is 0 Å². The van der Waals surface area contributed by atoms with Gasteiger partial charge >= 0.3 is 5.97 Å². The number of aryl methyl sites for hydroxylation is 1. The number of hydrogen-bond acceptors (Lipinski definition) is 5. The number of piperazine rings is 1. The van der Waals surface area contributed by atoms with Crippen LogP contribution >= 0.6 is 0 Å². The molecule has 1 fully saturated rings. The van der Waals surface area contributed by atoms with Gasteiger partial charge in [-0.3, -0.25) is 14.7 Å². The lowest BCUT2D eigenvalue weighted by Gasteiger charge is -2.36. The topological polar surface area (TPSA) is 45.7 Å². The summed E-state index contributed by atoms with van der Waals surface area (Å²) in [4.78, 5) is 20.0. The molecule has 19 heavy (non-hydrogen) atoms. The van der Waals surface area contributed by atoms with Gasteiger partial charge in [0, 0.05) is 50.3 Å². The fourth-order valence-corrected chi connectivity index (χ4v) is 2.31. The lowest BCUT2D eigenvalue weighted by molar-refractivity contribution is -0.141. The quantitative estimate of drug-likeness (QED) is 0.761. The Balaban J connectivity index is 1.81. The lowest BCUT2D eigenvalue weighted by atomic mass is 10.2. The Hall–Kier alpha value is -1.62. The number of hydrogen-bond donors (Lipinski definition) is 0. The fraction of sp³-hybridized carbons (Fsp3) is 0.571. The Morgan fingerprint density at radius 1 is 1.37 bits per heavy atom. The largest absolute Gasteiger partial charge is 0.469 e. The van der Waals surface area contributed by atoms with Gasteiger partial charge in [0.2, 0.25) is 0 Å². The molecule has 1 saturated heterocycles. The number of aromatic nitrogens is 1. The molecule has 2 heterocycles. The molecular formula is C14H21N3O2. The summed E-state index contributed by atoms with van der Waals surface area (Å²) >= 11 is 0. The molecule has 0 bridgehead atoms. The molecule has 1 aromatic rings. The van der Waals surface area contributed by atoms with Crippen molar-refractivity contribution in [2.45, 2.75) is 13.3 Å². The van der Waals surface area contributed by atoms with Crippen LogP contribution in [0.1, 0.15) is 12.1 Å². The molecule has 0 amide bonds. The van der Waals surface area contributed by atoms with Gasteiger partial charge in [-0.2, -0.15) is 0 Å². The van der Waals surface area contributed by atoms with E-state index < -0.39 is 0 Å². The third-order valence-electron chi connectivity index (χ3n) is 3.48. The third-order valence-corrected chi connectivity index (χ3v) is 3.48. The van der Waals surface area contributed by atoms with Gasteiger partial charge in [-0.25, -0.2) is 0 Å². The Morgan fingerprint density at radius 3 is 2.74 bits per heavy atom. The number of carbonyl (C=O) groups excluding carboxylic acids is 1. The molecule has 0 aromatic carbocycles. The standard InChI is InChI=1S/C14H21N3O2/c1-12-11-13(3-5-15-12)17-9-7-16(8-10-17)6-4-14(18)19-2/h3,5,11H,4,6-10H2,1-2H3. The number of ether oxygens (including phenoxy) is 1. The molecule has 5 heteroatoms. The molecule has 0 spiro atoms. The van der Waals surface area contributed by atoms with Crippen LogP contribution in [0.15, 0.2) is 18.3 Å². The van der Waals surface area contributed by atoms with Gasteiger partial charge in [-0.1, -0.05) is 0 Å². The van der Waals surface area contributed by atoms with Gasteiger partial charge < -0.3 is 9.64 Å². The van der Waals surface area contributed by atoms with Crippen LogP contribution in [-0.4, -0.2) is 55.7 Å². The number of esters is 1. The van der Waals surface area contributed by atoms with Crippen molar-refractivity contribution in [2.75, 3.05) is 44.7 Å². The number of carbonyl (C=O) groups is 1. The molecule has 2 rings (SSSR count). The zero-order valence-electron chi connectivity index (χ0n) is 11.6. The maximum absolute atomic E-state index is 11.1. The Kier molecular flexibility index (Phi) is 4.74. The van der Waals surface area contributed by atoms with E-state index in [1.165, 1.54) is 12.8 Å². The van der Waals surface area contributed by atoms with Crippen molar-refractivity contribution in [3.8, 4) is 0 Å². The number of anilines is 1. The van der Waals surface area contributed by atoms with Crippen LogP contribution in [0.4, 0.5) is 5.69 Å². The molecule has 1 aliphatic heterocycles. The van der Waals surface area contributed by atoms with E-state index in [2.05, 4.69) is 31.7 Å². The molecule has 0 saturated carbocycles. The molecule has 0 N–H and O–H groups in total. The van der Waals surface area contributed by atoms with Crippen LogP contribution in [0.3, 0.4) is 0 Å². The highest BCUT2D eigenvalue weighted by Gasteiger charge is 2.17. The third kappa shape index (κ3) is 3.92. The summed E-state index contributed by atoms with van der Waals surface area (Å²) in [5.41, 5.74) is 2.28. The van der Waals surface area contributed by atoms with Crippen molar-refractivity contribution >= 4 is 11.7 Å². The SMILES string of the molecule is COC(=O)CCN1CCN(c2ccnc(C)c2)CC1. The number of rotatable bonds is 4. The van der Waals surface area contributed by atoms with Crippen LogP contribution in [0.25, 0.3) is 0 Å². The summed E-state index contributed by atoms with van der Waals surface area (Å²) in [6.07, 6.45) is 2.33. The summed E-state index contributed by atoms with van der Waals surface area (Å²) < 4.78 is 4.66. The second-order valence-electron chi connectivity index (χ2n) is 4.81. The maximum Gasteiger partial charge on any atom is 0.306 e. The predicted octanol–water partition coefficient (Wildman–Crippen LogP) is 1.08. The number of methoxy groups -OCH3 is 1. The molecule has 5 nitrogen and oxygen atoms in total. The van der Waals surface area contributed by atoms with Crippen molar-refractivity contribution in [2.24, 2.45) is 0 Å². The second kappa shape index (κ2) is 6.52. The first-order valence-corrected chi connectivity index (χ1v) is 6.66. The molecule has 0 unspecified atom stereocenters. The Bertz CT molecular complexity index is 428. The highest BCUT2D eigenvalue weighted by Crippen LogP contribution is 2.16. The first-order chi connectivity index (χ1) is 9.19. The average molecular weight is 263 g/mol. The zero-order chi connectivity index (χ0) is 13.7. The van der Waals surface area contributed by atoms with E-state index in [0.717, 1.165) is 38.4 Å². The van der Waals surface area contributed by atoms with E-state index in [9.17, 15) is 4.79 Å². The maximum atomic E-state index is 11.1. The van der Waals surface area contributed by atoms with Crippen LogP contribution < -0.4 is 4.90 Å². The summed E-state index contributed by atoms with van der Waals surface area (Å²) in [6, 6.07) is 4.17.